The number of hydrogen-bond acceptors (Lipinski definition) is 6. The number of carbonyl (C=O) groups excluding carboxylic acids is 1. The minimum absolute atomic E-state index is 0.0803. The Morgan fingerprint density at radius 1 is 0.853 bits per heavy atom. The molecule has 3 aromatic heterocycles. The van der Waals surface area contributed by atoms with Crippen LogP contribution >= 0.6 is 0 Å². The largest absolute Gasteiger partial charge is 0.353 e. The Labute approximate surface area is 198 Å². The number of fused-ring (bicyclic) bond motifs is 1. The summed E-state index contributed by atoms with van der Waals surface area (Å²) < 4.78 is 2.03. The standard InChI is InChI=1S/C26H27N7O/c34-26(28-20-8-9-20)17-19-18-33(22-6-2-1-5-21(19)22)25-11-10-24(29-30-25)32-15-13-31(14-16-32)23-7-3-4-12-27-23/h1-7,10-12,18,20H,8-9,13-17H2,(H,28,34). The number of carbonyl (C=O) groups is 1. The molecule has 0 atom stereocenters. The Morgan fingerprint density at radius 3 is 2.26 bits per heavy atom. The minimum atomic E-state index is 0.0803. The lowest BCUT2D eigenvalue weighted by molar-refractivity contribution is -0.120. The van der Waals surface area contributed by atoms with E-state index in [0.717, 1.165) is 72.9 Å². The van der Waals surface area contributed by atoms with Gasteiger partial charge in [-0.25, -0.2) is 4.98 Å². The SMILES string of the molecule is O=C(Cc1cn(-c2ccc(N3CCN(c4ccccn4)CC3)nn2)c2ccccc12)NC1CC1. The number of hydrogen-bond donors (Lipinski definition) is 1. The molecule has 2 aliphatic rings. The zero-order valence-electron chi connectivity index (χ0n) is 19.0. The molecule has 6 rings (SSSR count). The second-order valence-electron chi connectivity index (χ2n) is 8.97. The maximum Gasteiger partial charge on any atom is 0.224 e. The number of nitrogens with zero attached hydrogens (tertiary/aromatic N) is 6. The van der Waals surface area contributed by atoms with Crippen LogP contribution in [0.3, 0.4) is 0 Å². The van der Waals surface area contributed by atoms with Gasteiger partial charge in [0.2, 0.25) is 5.91 Å². The van der Waals surface area contributed by atoms with E-state index in [9.17, 15) is 4.79 Å². The van der Waals surface area contributed by atoms with Crippen LogP contribution in [0.25, 0.3) is 16.7 Å². The summed E-state index contributed by atoms with van der Waals surface area (Å²) in [5.41, 5.74) is 2.04. The summed E-state index contributed by atoms with van der Waals surface area (Å²) in [5.74, 6) is 2.73. The van der Waals surface area contributed by atoms with Gasteiger partial charge in [0, 0.05) is 50.0 Å². The molecule has 1 N–H and O–H groups in total. The summed E-state index contributed by atoms with van der Waals surface area (Å²) in [6, 6.07) is 18.6. The van der Waals surface area contributed by atoms with E-state index in [-0.39, 0.29) is 5.91 Å². The van der Waals surface area contributed by atoms with E-state index in [1.54, 1.807) is 0 Å². The number of amides is 1. The zero-order chi connectivity index (χ0) is 22.9. The van der Waals surface area contributed by atoms with Crippen molar-refractivity contribution in [3.63, 3.8) is 0 Å². The van der Waals surface area contributed by atoms with Gasteiger partial charge in [-0.05, 0) is 48.7 Å². The first kappa shape index (κ1) is 20.7. The average molecular weight is 454 g/mol. The third-order valence-electron chi connectivity index (χ3n) is 6.55. The van der Waals surface area contributed by atoms with Crippen molar-refractivity contribution in [2.24, 2.45) is 0 Å². The minimum Gasteiger partial charge on any atom is -0.353 e. The first-order chi connectivity index (χ1) is 16.7. The van der Waals surface area contributed by atoms with Gasteiger partial charge >= 0.3 is 0 Å². The van der Waals surface area contributed by atoms with Crippen molar-refractivity contribution in [1.82, 2.24) is 25.1 Å². The molecule has 2 fully saturated rings. The lowest BCUT2D eigenvalue weighted by atomic mass is 10.1. The van der Waals surface area contributed by atoms with Gasteiger partial charge in [0.25, 0.3) is 0 Å². The average Bonchev–Trinajstić information content (AvgIpc) is 3.64. The molecule has 34 heavy (non-hydrogen) atoms. The van der Waals surface area contributed by atoms with E-state index in [1.165, 1.54) is 0 Å². The Bertz CT molecular complexity index is 1290. The van der Waals surface area contributed by atoms with Crippen LogP contribution in [0.1, 0.15) is 18.4 Å². The second-order valence-corrected chi connectivity index (χ2v) is 8.97. The Kier molecular flexibility index (Phi) is 5.33. The summed E-state index contributed by atoms with van der Waals surface area (Å²) in [7, 11) is 0. The van der Waals surface area contributed by atoms with Crippen LogP contribution in [0.5, 0.6) is 0 Å². The third kappa shape index (κ3) is 4.19. The first-order valence-electron chi connectivity index (χ1n) is 11.9. The fourth-order valence-corrected chi connectivity index (χ4v) is 4.58. The first-order valence-corrected chi connectivity index (χ1v) is 11.9. The lowest BCUT2D eigenvalue weighted by Gasteiger charge is -2.35. The fraction of sp³-hybridized carbons (Fsp3) is 0.308. The van der Waals surface area contributed by atoms with Crippen molar-refractivity contribution in [1.29, 1.82) is 0 Å². The molecule has 0 spiro atoms. The molecule has 1 aliphatic heterocycles. The van der Waals surface area contributed by atoms with Crippen LogP contribution in [0.2, 0.25) is 0 Å². The van der Waals surface area contributed by atoms with Crippen LogP contribution in [-0.4, -0.2) is 57.9 Å². The van der Waals surface area contributed by atoms with Gasteiger partial charge in [-0.2, -0.15) is 0 Å². The van der Waals surface area contributed by atoms with Crippen molar-refractivity contribution in [3.8, 4) is 5.82 Å². The molecule has 0 bridgehead atoms. The molecule has 4 heterocycles. The van der Waals surface area contributed by atoms with Gasteiger partial charge in [-0.1, -0.05) is 24.3 Å². The van der Waals surface area contributed by atoms with Crippen molar-refractivity contribution >= 4 is 28.4 Å². The van der Waals surface area contributed by atoms with Gasteiger partial charge in [-0.3, -0.25) is 9.36 Å². The summed E-state index contributed by atoms with van der Waals surface area (Å²) in [5, 5.41) is 13.2. The van der Waals surface area contributed by atoms with E-state index in [0.29, 0.717) is 12.5 Å². The number of nitrogens with one attached hydrogen (secondary N) is 1. The Morgan fingerprint density at radius 2 is 1.56 bits per heavy atom. The highest BCUT2D eigenvalue weighted by Crippen LogP contribution is 2.26. The Hall–Kier alpha value is -3.94. The lowest BCUT2D eigenvalue weighted by Crippen LogP contribution is -2.47. The predicted molar refractivity (Wildman–Crippen MR) is 132 cm³/mol. The number of piperazine rings is 1. The van der Waals surface area contributed by atoms with E-state index in [2.05, 4.69) is 48.5 Å². The molecule has 0 radical (unpaired) electrons. The van der Waals surface area contributed by atoms with E-state index < -0.39 is 0 Å². The van der Waals surface area contributed by atoms with Crippen LogP contribution in [0.15, 0.2) is 67.0 Å². The summed E-state index contributed by atoms with van der Waals surface area (Å²) in [4.78, 5) is 21.4. The van der Waals surface area contributed by atoms with Crippen molar-refractivity contribution in [2.45, 2.75) is 25.3 Å². The maximum absolute atomic E-state index is 12.4. The second kappa shape index (κ2) is 8.78. The van der Waals surface area contributed by atoms with Gasteiger partial charge in [0.15, 0.2) is 11.6 Å². The van der Waals surface area contributed by atoms with Crippen molar-refractivity contribution in [2.75, 3.05) is 36.0 Å². The number of anilines is 2. The number of rotatable bonds is 6. The summed E-state index contributed by atoms with van der Waals surface area (Å²) in [6.07, 6.45) is 6.41. The van der Waals surface area contributed by atoms with Crippen LogP contribution in [0, 0.1) is 0 Å². The van der Waals surface area contributed by atoms with Crippen LogP contribution in [0.4, 0.5) is 11.6 Å². The predicted octanol–water partition coefficient (Wildman–Crippen LogP) is 2.96. The number of para-hydroxylation sites is 1. The molecule has 1 amide bonds. The van der Waals surface area contributed by atoms with Crippen LogP contribution in [-0.2, 0) is 11.2 Å². The zero-order valence-corrected chi connectivity index (χ0v) is 19.0. The molecule has 0 unspecified atom stereocenters. The molecule has 8 nitrogen and oxygen atoms in total. The number of pyridine rings is 1. The summed E-state index contributed by atoms with van der Waals surface area (Å²) >= 11 is 0. The van der Waals surface area contributed by atoms with Crippen LogP contribution < -0.4 is 15.1 Å². The van der Waals surface area contributed by atoms with E-state index in [4.69, 9.17) is 0 Å². The monoisotopic (exact) mass is 453 g/mol. The smallest absolute Gasteiger partial charge is 0.224 e. The van der Waals surface area contributed by atoms with Crippen molar-refractivity contribution in [3.05, 3.63) is 72.6 Å². The number of aromatic nitrogens is 4. The number of benzene rings is 1. The van der Waals surface area contributed by atoms with Gasteiger partial charge in [0.1, 0.15) is 5.82 Å². The highest BCUT2D eigenvalue weighted by molar-refractivity contribution is 5.90. The normalized spacial score (nSPS) is 16.1. The van der Waals surface area contributed by atoms with Gasteiger partial charge in [-0.15, -0.1) is 10.2 Å². The molecule has 1 saturated carbocycles. The molecular formula is C26H27N7O. The molecule has 4 aromatic rings. The molecule has 8 heteroatoms. The molecular weight excluding hydrogens is 426 g/mol. The van der Waals surface area contributed by atoms with Gasteiger partial charge in [0.05, 0.1) is 11.9 Å². The molecule has 172 valence electrons. The molecule has 1 saturated heterocycles. The van der Waals surface area contributed by atoms with E-state index >= 15 is 0 Å². The van der Waals surface area contributed by atoms with Crippen molar-refractivity contribution < 1.29 is 4.79 Å². The third-order valence-corrected chi connectivity index (χ3v) is 6.55. The quantitative estimate of drug-likeness (QED) is 0.484. The topological polar surface area (TPSA) is 79.2 Å². The fourth-order valence-electron chi connectivity index (χ4n) is 4.58. The Balaban J connectivity index is 1.19. The highest BCUT2D eigenvalue weighted by Gasteiger charge is 2.24. The maximum atomic E-state index is 12.4. The molecule has 1 aliphatic carbocycles. The van der Waals surface area contributed by atoms with Gasteiger partial charge < -0.3 is 15.1 Å². The summed E-state index contributed by atoms with van der Waals surface area (Å²) in [6.45, 7) is 3.54. The van der Waals surface area contributed by atoms with E-state index in [1.807, 2.05) is 53.4 Å². The highest BCUT2D eigenvalue weighted by atomic mass is 16.1. The molecule has 1 aromatic carbocycles.